The third-order valence-corrected chi connectivity index (χ3v) is 15.9. The van der Waals surface area contributed by atoms with Crippen LogP contribution < -0.4 is 33.2 Å². The number of rotatable bonds is 10. The van der Waals surface area contributed by atoms with Gasteiger partial charge in [-0.1, -0.05) is 139 Å². The molecule has 0 amide bonds. The third-order valence-electron chi connectivity index (χ3n) is 15.9. The van der Waals surface area contributed by atoms with Crippen molar-refractivity contribution in [2.45, 2.75) is 36.9 Å². The van der Waals surface area contributed by atoms with Gasteiger partial charge in [0, 0.05) is 38.9 Å². The van der Waals surface area contributed by atoms with Crippen molar-refractivity contribution < 1.29 is 43.4 Å². The Morgan fingerprint density at radius 3 is 1.49 bits per heavy atom. The predicted molar refractivity (Wildman–Crippen MR) is 332 cm³/mol. The number of hydrogen-bond donors (Lipinski definition) is 2. The lowest BCUT2D eigenvalue weighted by molar-refractivity contribution is 0.145. The highest BCUT2D eigenvalue weighted by Gasteiger charge is 2.40. The van der Waals surface area contributed by atoms with Gasteiger partial charge in [0.2, 0.25) is 0 Å². The van der Waals surface area contributed by atoms with Crippen LogP contribution in [0.25, 0.3) is 49.9 Å². The molecule has 0 aromatic heterocycles. The largest absolute Gasteiger partial charge is 0.507 e. The summed E-state index contributed by atoms with van der Waals surface area (Å²) in [5.74, 6) is 8.05. The molecule has 9 nitrogen and oxygen atoms in total. The Morgan fingerprint density at radius 1 is 0.482 bits per heavy atom. The van der Waals surface area contributed by atoms with Gasteiger partial charge in [-0.05, 0) is 147 Å². The number of terminal acetylenes is 2. The summed E-state index contributed by atoms with van der Waals surface area (Å²) in [6.45, 7) is 0. The van der Waals surface area contributed by atoms with E-state index in [1.807, 2.05) is 72.8 Å². The van der Waals surface area contributed by atoms with Crippen molar-refractivity contribution in [1.29, 1.82) is 0 Å². The van der Waals surface area contributed by atoms with Crippen LogP contribution in [0, 0.1) is 25.2 Å². The van der Waals surface area contributed by atoms with Crippen LogP contribution in [0.5, 0.6) is 46.0 Å². The van der Waals surface area contributed by atoms with Gasteiger partial charge in [-0.2, -0.15) is 0 Å². The van der Waals surface area contributed by atoms with E-state index in [9.17, 15) is 10.2 Å². The molecule has 2 unspecified atom stereocenters. The van der Waals surface area contributed by atoms with Gasteiger partial charge in [-0.3, -0.25) is 0 Å². The number of methoxy groups -OCH3 is 6. The molecular weight excluding hydrogens is 1030 g/mol. The molecule has 10 aromatic carbocycles. The van der Waals surface area contributed by atoms with Gasteiger partial charge in [0.05, 0.1) is 42.7 Å². The molecule has 1 aliphatic heterocycles. The average Bonchev–Trinajstić information content (AvgIpc) is 2.53. The summed E-state index contributed by atoms with van der Waals surface area (Å²) in [4.78, 5) is 0. The lowest BCUT2D eigenvalue weighted by Gasteiger charge is -2.39. The van der Waals surface area contributed by atoms with Crippen LogP contribution in [-0.2, 0) is 36.9 Å². The van der Waals surface area contributed by atoms with Crippen molar-refractivity contribution in [3.8, 4) is 93.4 Å². The summed E-state index contributed by atoms with van der Waals surface area (Å²) in [6.07, 6.45) is 21.7. The van der Waals surface area contributed by atoms with E-state index in [-0.39, 0.29) is 0 Å². The van der Waals surface area contributed by atoms with Crippen molar-refractivity contribution in [2.24, 2.45) is 0 Å². The Bertz CT molecular complexity index is 4070. The van der Waals surface area contributed by atoms with E-state index in [1.165, 1.54) is 33.2 Å². The number of phenols is 1. The van der Waals surface area contributed by atoms with Crippen LogP contribution in [0.3, 0.4) is 0 Å². The van der Waals surface area contributed by atoms with Crippen LogP contribution in [0.1, 0.15) is 50.1 Å². The van der Waals surface area contributed by atoms with E-state index in [0.717, 1.165) is 98.2 Å². The van der Waals surface area contributed by atoms with Crippen LogP contribution in [0.15, 0.2) is 194 Å². The number of benzene rings is 10. The molecule has 2 atom stereocenters. The first-order valence-corrected chi connectivity index (χ1v) is 27.2. The Labute approximate surface area is 485 Å². The van der Waals surface area contributed by atoms with E-state index < -0.39 is 11.2 Å². The minimum absolute atomic E-state index is 0.326. The van der Waals surface area contributed by atoms with E-state index in [0.29, 0.717) is 34.1 Å². The summed E-state index contributed by atoms with van der Waals surface area (Å²) in [6, 6.07) is 61.9. The summed E-state index contributed by atoms with van der Waals surface area (Å²) in [5, 5.41) is 25.6. The molecule has 83 heavy (non-hydrogen) atoms. The minimum Gasteiger partial charge on any atom is -0.507 e. The normalized spacial score (nSPS) is 14.6. The van der Waals surface area contributed by atoms with Crippen LogP contribution >= 0.6 is 0 Å². The average molecular weight is 1100 g/mol. The fraction of sp³-hybridized carbons (Fsp3) is 0.162. The van der Waals surface area contributed by atoms with Gasteiger partial charge < -0.3 is 43.4 Å². The molecular formula is C74H64O9. The van der Waals surface area contributed by atoms with Gasteiger partial charge in [0.25, 0.3) is 0 Å². The highest BCUT2D eigenvalue weighted by molar-refractivity contribution is 6.05. The second-order valence-corrected chi connectivity index (χ2v) is 20.1. The second kappa shape index (κ2) is 24.3. The molecule has 1 heterocycles. The van der Waals surface area contributed by atoms with E-state index >= 15 is 0 Å². The first-order valence-electron chi connectivity index (χ1n) is 27.2. The highest BCUT2D eigenvalue weighted by atomic mass is 16.5. The number of phenolic OH excluding ortho intramolecular Hbond substituents is 1. The van der Waals surface area contributed by atoms with E-state index in [4.69, 9.17) is 39.6 Å². The summed E-state index contributed by atoms with van der Waals surface area (Å²) >= 11 is 0. The monoisotopic (exact) mass is 1100 g/mol. The molecule has 0 bridgehead atoms. The first-order chi connectivity index (χ1) is 40.6. The Morgan fingerprint density at radius 2 is 0.940 bits per heavy atom. The molecule has 0 fully saturated rings. The zero-order valence-electron chi connectivity index (χ0n) is 47.4. The fourth-order valence-electron chi connectivity index (χ4n) is 11.8. The van der Waals surface area contributed by atoms with Crippen LogP contribution in [-0.4, -0.2) is 52.9 Å². The van der Waals surface area contributed by atoms with E-state index in [2.05, 4.69) is 122 Å². The zero-order chi connectivity index (χ0) is 58.3. The molecule has 2 aliphatic carbocycles. The minimum atomic E-state index is -1.41. The number of aryl methyl sites for hydroxylation is 4. The number of hydrogen-bond acceptors (Lipinski definition) is 9. The molecule has 0 radical (unpaired) electrons. The lowest BCUT2D eigenvalue weighted by Crippen LogP contribution is -2.34. The maximum Gasteiger partial charge on any atom is 0.178 e. The smallest absolute Gasteiger partial charge is 0.178 e. The molecule has 2 N–H and O–H groups in total. The first kappa shape index (κ1) is 56.2. The molecule has 3 aliphatic rings. The topological polar surface area (TPSA) is 105 Å². The number of aromatic hydroxyl groups is 1. The summed E-state index contributed by atoms with van der Waals surface area (Å²) in [5.41, 5.74) is 11.8. The maximum absolute atomic E-state index is 10.6. The van der Waals surface area contributed by atoms with Gasteiger partial charge in [-0.25, -0.2) is 0 Å². The molecule has 414 valence electrons. The van der Waals surface area contributed by atoms with Gasteiger partial charge in [0.15, 0.2) is 34.2 Å². The maximum atomic E-state index is 10.6. The van der Waals surface area contributed by atoms with Crippen LogP contribution in [0.2, 0.25) is 0 Å². The van der Waals surface area contributed by atoms with Gasteiger partial charge >= 0.3 is 0 Å². The van der Waals surface area contributed by atoms with Crippen LogP contribution in [0.4, 0.5) is 0 Å². The van der Waals surface area contributed by atoms with Crippen molar-refractivity contribution in [3.05, 3.63) is 244 Å². The molecule has 10 aromatic rings. The molecule has 0 spiro atoms. The lowest BCUT2D eigenvalue weighted by atomic mass is 9.78. The molecule has 0 saturated carbocycles. The van der Waals surface area contributed by atoms with Gasteiger partial charge in [-0.15, -0.1) is 19.3 Å². The summed E-state index contributed by atoms with van der Waals surface area (Å²) < 4.78 is 40.2. The Hall–Kier alpha value is -10.1. The molecule has 9 heteroatoms. The third kappa shape index (κ3) is 10.4. The number of fused-ring (bicyclic) bond motifs is 13. The fourth-order valence-corrected chi connectivity index (χ4v) is 11.8. The quantitative estimate of drug-likeness (QED) is 0.130. The van der Waals surface area contributed by atoms with Gasteiger partial charge in [0.1, 0.15) is 23.0 Å². The van der Waals surface area contributed by atoms with E-state index in [1.54, 1.807) is 66.9 Å². The second-order valence-electron chi connectivity index (χ2n) is 20.1. The SMILES string of the molecule is C#C.C#CC(O)(c1ccccc1)c1ccc(OC)cc1.COc1cc2cc(O)c3c(c2cc1OC)CCc1ccccc1-3.COc1ccc(C2(c3ccccc3)C=Cc3c(c4c(c5cc(OC)c(OC)cc35)CCc3ccccc3-4)O2)cc1. The van der Waals surface area contributed by atoms with Crippen molar-refractivity contribution in [2.75, 3.05) is 42.7 Å². The van der Waals surface area contributed by atoms with Crippen molar-refractivity contribution in [3.63, 3.8) is 0 Å². The molecule has 0 saturated heterocycles. The number of ether oxygens (including phenoxy) is 7. The van der Waals surface area contributed by atoms with Crippen molar-refractivity contribution >= 4 is 27.6 Å². The zero-order valence-corrected chi connectivity index (χ0v) is 47.4. The predicted octanol–water partition coefficient (Wildman–Crippen LogP) is 15.1. The standard InChI is InChI=1S/C36H30O4.C20H18O3.C16H14O2.C2H2/c1-37-26-16-14-25(15-17-26)36(24-10-5-4-6-11-24)20-19-29-31-22-33(39-3)32(38-2)21-30(31)28-18-13-23-9-7-8-12-27(23)34(28)35(29)40-36;1-22-18-10-13-9-17(21)20-14-6-4-3-5-12(14)7-8-15(20)16(13)11-19(18)23-2;1-3-16(17,13-7-5-4-6-8-13)14-9-11-15(18-2)12-10-14;1-2/h4-12,14-17,19-22H,13,18H2,1-3H3;3-6,9-11,21H,7-8H2,1-2H3;1,4-12,17H,2H3;1-2H. The Balaban J connectivity index is 0.000000151. The number of aliphatic hydroxyl groups is 1. The summed E-state index contributed by atoms with van der Waals surface area (Å²) in [7, 11) is 9.92. The highest BCUT2D eigenvalue weighted by Crippen LogP contribution is 2.54. The van der Waals surface area contributed by atoms with Crippen molar-refractivity contribution in [1.82, 2.24) is 0 Å². The molecule has 13 rings (SSSR count). The Kier molecular flexibility index (Phi) is 16.5.